The van der Waals surface area contributed by atoms with Gasteiger partial charge in [-0.2, -0.15) is 0 Å². The van der Waals surface area contributed by atoms with E-state index in [-0.39, 0.29) is 16.3 Å². The molecule has 0 aromatic heterocycles. The van der Waals surface area contributed by atoms with E-state index in [1.54, 1.807) is 12.1 Å². The SMILES string of the molecule is CC(C)c1ccc(N2C(=O)C(Cl)=C(c3ccc([N+](=O)[O-])cc3)C2=O)cc1. The van der Waals surface area contributed by atoms with Gasteiger partial charge in [0.1, 0.15) is 5.03 Å². The van der Waals surface area contributed by atoms with Crippen molar-refractivity contribution < 1.29 is 14.5 Å². The third-order valence-electron chi connectivity index (χ3n) is 4.21. The van der Waals surface area contributed by atoms with Gasteiger partial charge in [0, 0.05) is 12.1 Å². The molecular formula is C19H15ClN2O4. The van der Waals surface area contributed by atoms with Gasteiger partial charge in [0.15, 0.2) is 0 Å². The molecule has 1 aliphatic rings. The molecule has 3 rings (SSSR count). The van der Waals surface area contributed by atoms with Gasteiger partial charge in [-0.1, -0.05) is 37.6 Å². The molecule has 1 heterocycles. The maximum Gasteiger partial charge on any atom is 0.277 e. The summed E-state index contributed by atoms with van der Waals surface area (Å²) in [5.41, 5.74) is 1.81. The van der Waals surface area contributed by atoms with E-state index < -0.39 is 16.7 Å². The van der Waals surface area contributed by atoms with Crippen molar-refractivity contribution in [3.63, 3.8) is 0 Å². The van der Waals surface area contributed by atoms with Crippen molar-refractivity contribution in [2.24, 2.45) is 0 Å². The van der Waals surface area contributed by atoms with Gasteiger partial charge in [0.05, 0.1) is 16.2 Å². The van der Waals surface area contributed by atoms with Crippen molar-refractivity contribution >= 4 is 40.4 Å². The lowest BCUT2D eigenvalue weighted by molar-refractivity contribution is -0.384. The fraction of sp³-hybridized carbons (Fsp3) is 0.158. The van der Waals surface area contributed by atoms with Gasteiger partial charge in [0.2, 0.25) is 0 Å². The summed E-state index contributed by atoms with van der Waals surface area (Å²) in [4.78, 5) is 36.5. The number of nitro groups is 1. The van der Waals surface area contributed by atoms with E-state index in [1.165, 1.54) is 24.3 Å². The van der Waals surface area contributed by atoms with Crippen LogP contribution in [0.5, 0.6) is 0 Å². The van der Waals surface area contributed by atoms with Gasteiger partial charge >= 0.3 is 0 Å². The monoisotopic (exact) mass is 370 g/mol. The molecule has 0 saturated heterocycles. The quantitative estimate of drug-likeness (QED) is 0.458. The standard InChI is InChI=1S/C19H15ClN2O4/c1-11(2)12-3-7-14(8-4-12)21-18(23)16(17(20)19(21)24)13-5-9-15(10-6-13)22(25)26/h3-11H,1-2H3. The molecule has 0 spiro atoms. The fourth-order valence-corrected chi connectivity index (χ4v) is 3.02. The van der Waals surface area contributed by atoms with Crippen LogP contribution < -0.4 is 4.90 Å². The summed E-state index contributed by atoms with van der Waals surface area (Å²) >= 11 is 6.12. The summed E-state index contributed by atoms with van der Waals surface area (Å²) in [7, 11) is 0. The van der Waals surface area contributed by atoms with Crippen LogP contribution in [0, 0.1) is 10.1 Å². The predicted octanol–water partition coefficient (Wildman–Crippen LogP) is 4.24. The molecule has 0 fully saturated rings. The summed E-state index contributed by atoms with van der Waals surface area (Å²) in [6.07, 6.45) is 0. The number of nitro benzene ring substituents is 1. The van der Waals surface area contributed by atoms with Crippen molar-refractivity contribution in [1.29, 1.82) is 0 Å². The lowest BCUT2D eigenvalue weighted by atomic mass is 10.0. The van der Waals surface area contributed by atoms with Gasteiger partial charge in [-0.25, -0.2) is 4.90 Å². The topological polar surface area (TPSA) is 80.5 Å². The van der Waals surface area contributed by atoms with Crippen LogP contribution in [0.15, 0.2) is 53.6 Å². The second-order valence-corrected chi connectivity index (χ2v) is 6.56. The molecule has 0 N–H and O–H groups in total. The molecule has 7 heteroatoms. The summed E-state index contributed by atoms with van der Waals surface area (Å²) < 4.78 is 0. The molecule has 6 nitrogen and oxygen atoms in total. The minimum atomic E-state index is -0.609. The number of benzene rings is 2. The zero-order chi connectivity index (χ0) is 19.0. The molecule has 0 unspecified atom stereocenters. The van der Waals surface area contributed by atoms with Gasteiger partial charge in [0.25, 0.3) is 17.5 Å². The van der Waals surface area contributed by atoms with Crippen molar-refractivity contribution in [1.82, 2.24) is 0 Å². The Balaban J connectivity index is 1.95. The first-order valence-electron chi connectivity index (χ1n) is 7.94. The van der Waals surface area contributed by atoms with E-state index in [4.69, 9.17) is 11.6 Å². The lowest BCUT2D eigenvalue weighted by Crippen LogP contribution is -2.31. The first-order valence-corrected chi connectivity index (χ1v) is 8.32. The number of imide groups is 1. The van der Waals surface area contributed by atoms with Gasteiger partial charge in [-0.05, 0) is 41.3 Å². The normalized spacial score (nSPS) is 14.5. The van der Waals surface area contributed by atoms with Crippen molar-refractivity contribution in [2.45, 2.75) is 19.8 Å². The molecule has 0 saturated carbocycles. The minimum Gasteiger partial charge on any atom is -0.268 e. The molecule has 132 valence electrons. The highest BCUT2D eigenvalue weighted by molar-refractivity contribution is 6.60. The smallest absolute Gasteiger partial charge is 0.268 e. The second kappa shape index (κ2) is 6.72. The fourth-order valence-electron chi connectivity index (χ4n) is 2.75. The number of nitrogens with zero attached hydrogens (tertiary/aromatic N) is 2. The number of amides is 2. The molecule has 0 radical (unpaired) electrons. The average Bonchev–Trinajstić information content (AvgIpc) is 2.84. The van der Waals surface area contributed by atoms with E-state index >= 15 is 0 Å². The van der Waals surface area contributed by atoms with Crippen LogP contribution >= 0.6 is 11.6 Å². The number of carbonyl (C=O) groups is 2. The van der Waals surface area contributed by atoms with Crippen LogP contribution in [0.2, 0.25) is 0 Å². The highest BCUT2D eigenvalue weighted by atomic mass is 35.5. The lowest BCUT2D eigenvalue weighted by Gasteiger charge is -2.16. The number of anilines is 1. The zero-order valence-corrected chi connectivity index (χ0v) is 14.9. The van der Waals surface area contributed by atoms with Gasteiger partial charge in [-0.15, -0.1) is 0 Å². The maximum atomic E-state index is 12.8. The van der Waals surface area contributed by atoms with Crippen LogP contribution in [0.25, 0.3) is 5.57 Å². The molecule has 2 aromatic rings. The van der Waals surface area contributed by atoms with Gasteiger partial charge < -0.3 is 0 Å². The molecule has 2 amide bonds. The number of rotatable bonds is 4. The Morgan fingerprint density at radius 1 is 0.962 bits per heavy atom. The number of carbonyl (C=O) groups excluding carboxylic acids is 2. The minimum absolute atomic E-state index is 0.0412. The Morgan fingerprint density at radius 3 is 2.04 bits per heavy atom. The van der Waals surface area contributed by atoms with E-state index in [9.17, 15) is 19.7 Å². The molecular weight excluding hydrogens is 356 g/mol. The number of halogens is 1. The highest BCUT2D eigenvalue weighted by Crippen LogP contribution is 2.35. The van der Waals surface area contributed by atoms with E-state index in [0.717, 1.165) is 10.5 Å². The van der Waals surface area contributed by atoms with Gasteiger partial charge in [-0.3, -0.25) is 19.7 Å². The van der Waals surface area contributed by atoms with Crippen molar-refractivity contribution in [2.75, 3.05) is 4.90 Å². The van der Waals surface area contributed by atoms with Crippen LogP contribution in [-0.4, -0.2) is 16.7 Å². The van der Waals surface area contributed by atoms with E-state index in [0.29, 0.717) is 17.2 Å². The maximum absolute atomic E-state index is 12.8. The summed E-state index contributed by atoms with van der Waals surface area (Å²) in [5.74, 6) is -0.833. The van der Waals surface area contributed by atoms with Crippen LogP contribution in [0.3, 0.4) is 0 Å². The Bertz CT molecular complexity index is 931. The Morgan fingerprint density at radius 2 is 1.54 bits per heavy atom. The van der Waals surface area contributed by atoms with E-state index in [2.05, 4.69) is 0 Å². The Kier molecular flexibility index (Phi) is 4.61. The number of hydrogen-bond donors (Lipinski definition) is 0. The zero-order valence-electron chi connectivity index (χ0n) is 14.1. The summed E-state index contributed by atoms with van der Waals surface area (Å²) in [6.45, 7) is 4.10. The first kappa shape index (κ1) is 17.8. The predicted molar refractivity (Wildman–Crippen MR) is 98.9 cm³/mol. The molecule has 0 aliphatic carbocycles. The van der Waals surface area contributed by atoms with Crippen LogP contribution in [-0.2, 0) is 9.59 Å². The van der Waals surface area contributed by atoms with E-state index in [1.807, 2.05) is 26.0 Å². The van der Waals surface area contributed by atoms with Crippen molar-refractivity contribution in [3.05, 3.63) is 74.8 Å². The Hall–Kier alpha value is -2.99. The largest absolute Gasteiger partial charge is 0.277 e. The Labute approximate surface area is 154 Å². The summed E-state index contributed by atoms with van der Waals surface area (Å²) in [5, 5.41) is 10.6. The molecule has 26 heavy (non-hydrogen) atoms. The third kappa shape index (κ3) is 2.99. The number of non-ortho nitro benzene ring substituents is 1. The molecule has 1 aliphatic heterocycles. The average molecular weight is 371 g/mol. The third-order valence-corrected chi connectivity index (χ3v) is 4.56. The highest BCUT2D eigenvalue weighted by Gasteiger charge is 2.39. The molecule has 0 bridgehead atoms. The van der Waals surface area contributed by atoms with Crippen molar-refractivity contribution in [3.8, 4) is 0 Å². The second-order valence-electron chi connectivity index (χ2n) is 6.18. The molecule has 0 atom stereocenters. The van der Waals surface area contributed by atoms with Crippen LogP contribution in [0.4, 0.5) is 11.4 Å². The van der Waals surface area contributed by atoms with Crippen LogP contribution in [0.1, 0.15) is 30.9 Å². The first-order chi connectivity index (χ1) is 12.3. The summed E-state index contributed by atoms with van der Waals surface area (Å²) in [6, 6.07) is 12.5. The number of hydrogen-bond acceptors (Lipinski definition) is 4. The molecule has 2 aromatic carbocycles.